The van der Waals surface area contributed by atoms with Crippen molar-refractivity contribution >= 4 is 23.1 Å². The minimum atomic E-state index is -0.158. The van der Waals surface area contributed by atoms with Gasteiger partial charge in [0.1, 0.15) is 0 Å². The van der Waals surface area contributed by atoms with Gasteiger partial charge < -0.3 is 15.8 Å². The normalized spacial score (nSPS) is 12.2. The molecule has 13 heavy (non-hydrogen) atoms. The lowest BCUT2D eigenvalue weighted by molar-refractivity contribution is -0.124. The fraction of sp³-hybridized carbons (Fsp3) is 0.750. The fourth-order valence-corrected chi connectivity index (χ4v) is 1.09. The molecule has 1 atom stereocenters. The maximum atomic E-state index is 11.3. The molecular formula is C8H16N2O2S. The van der Waals surface area contributed by atoms with Crippen LogP contribution in [0.5, 0.6) is 0 Å². The number of ether oxygens (including phenoxy) is 1. The quantitative estimate of drug-likeness (QED) is 0.474. The lowest BCUT2D eigenvalue weighted by atomic mass is 10.1. The summed E-state index contributed by atoms with van der Waals surface area (Å²) in [5.41, 5.74) is 5.31. The number of amides is 1. The largest absolute Gasteiger partial charge is 0.393 e. The van der Waals surface area contributed by atoms with Crippen LogP contribution in [0.3, 0.4) is 0 Å². The van der Waals surface area contributed by atoms with Crippen LogP contribution >= 0.6 is 12.2 Å². The summed E-state index contributed by atoms with van der Waals surface area (Å²) in [6.07, 6.45) is 0.453. The van der Waals surface area contributed by atoms with Gasteiger partial charge in [-0.1, -0.05) is 19.1 Å². The average Bonchev–Trinajstić information content (AvgIpc) is 2.03. The van der Waals surface area contributed by atoms with Gasteiger partial charge in [0.25, 0.3) is 0 Å². The summed E-state index contributed by atoms with van der Waals surface area (Å²) in [6.45, 7) is 2.84. The second-order valence-electron chi connectivity index (χ2n) is 2.86. The highest BCUT2D eigenvalue weighted by Crippen LogP contribution is 2.00. The summed E-state index contributed by atoms with van der Waals surface area (Å²) in [5, 5.41) is 2.71. The molecule has 1 unspecified atom stereocenters. The van der Waals surface area contributed by atoms with Crippen LogP contribution in [0.25, 0.3) is 0 Å². The molecule has 0 aliphatic carbocycles. The Kier molecular flexibility index (Phi) is 6.44. The molecule has 3 N–H and O–H groups in total. The molecule has 0 aliphatic rings. The zero-order valence-corrected chi connectivity index (χ0v) is 8.82. The van der Waals surface area contributed by atoms with Gasteiger partial charge in [-0.05, 0) is 0 Å². The Morgan fingerprint density at radius 3 is 2.77 bits per heavy atom. The number of nitrogens with one attached hydrogen (secondary N) is 1. The van der Waals surface area contributed by atoms with Crippen LogP contribution in [0.4, 0.5) is 0 Å². The number of nitrogens with two attached hydrogens (primary N) is 1. The Hall–Kier alpha value is -0.680. The standard InChI is InChI=1S/C8H16N2O2S/c1-6(5-7(9)13)8(11)10-3-4-12-2/h6H,3-5H2,1-2H3,(H2,9,13)(H,10,11). The van der Waals surface area contributed by atoms with E-state index in [0.29, 0.717) is 24.6 Å². The highest BCUT2D eigenvalue weighted by Gasteiger charge is 2.12. The summed E-state index contributed by atoms with van der Waals surface area (Å²) < 4.78 is 4.79. The van der Waals surface area contributed by atoms with Gasteiger partial charge in [-0.15, -0.1) is 0 Å². The zero-order valence-electron chi connectivity index (χ0n) is 8.00. The Morgan fingerprint density at radius 1 is 1.69 bits per heavy atom. The number of thiocarbonyl (C=S) groups is 1. The molecule has 76 valence electrons. The average molecular weight is 204 g/mol. The van der Waals surface area contributed by atoms with Crippen LogP contribution in [0.15, 0.2) is 0 Å². The van der Waals surface area contributed by atoms with E-state index in [0.717, 1.165) is 0 Å². The second-order valence-corrected chi connectivity index (χ2v) is 3.38. The van der Waals surface area contributed by atoms with Crippen LogP contribution in [0.1, 0.15) is 13.3 Å². The van der Waals surface area contributed by atoms with Crippen molar-refractivity contribution in [3.05, 3.63) is 0 Å². The predicted octanol–water partition coefficient (Wildman–Crippen LogP) is 0.0613. The third-order valence-corrected chi connectivity index (χ3v) is 1.73. The van der Waals surface area contributed by atoms with Crippen molar-refractivity contribution in [1.29, 1.82) is 0 Å². The molecule has 0 aromatic heterocycles. The van der Waals surface area contributed by atoms with E-state index >= 15 is 0 Å². The summed E-state index contributed by atoms with van der Waals surface area (Å²) in [6, 6.07) is 0. The van der Waals surface area contributed by atoms with Crippen LogP contribution < -0.4 is 11.1 Å². The van der Waals surface area contributed by atoms with Gasteiger partial charge in [0.15, 0.2) is 0 Å². The Balaban J connectivity index is 3.63. The van der Waals surface area contributed by atoms with E-state index in [-0.39, 0.29) is 11.8 Å². The summed E-state index contributed by atoms with van der Waals surface area (Å²) in [5.74, 6) is -0.195. The highest BCUT2D eigenvalue weighted by atomic mass is 32.1. The molecule has 0 radical (unpaired) electrons. The first-order valence-corrected chi connectivity index (χ1v) is 4.53. The minimum absolute atomic E-state index is 0.0372. The lowest BCUT2D eigenvalue weighted by Gasteiger charge is -2.10. The minimum Gasteiger partial charge on any atom is -0.393 e. The molecule has 0 fully saturated rings. The number of hydrogen-bond acceptors (Lipinski definition) is 3. The molecule has 1 amide bonds. The molecule has 0 spiro atoms. The summed E-state index contributed by atoms with van der Waals surface area (Å²) >= 11 is 4.70. The molecular weight excluding hydrogens is 188 g/mol. The number of methoxy groups -OCH3 is 1. The predicted molar refractivity (Wildman–Crippen MR) is 55.5 cm³/mol. The van der Waals surface area contributed by atoms with Gasteiger partial charge in [-0.25, -0.2) is 0 Å². The summed E-state index contributed by atoms with van der Waals surface area (Å²) in [4.78, 5) is 11.6. The second kappa shape index (κ2) is 6.80. The van der Waals surface area contributed by atoms with E-state index in [2.05, 4.69) is 5.32 Å². The molecule has 0 heterocycles. The van der Waals surface area contributed by atoms with Crippen molar-refractivity contribution < 1.29 is 9.53 Å². The third kappa shape index (κ3) is 6.48. The van der Waals surface area contributed by atoms with Crippen LogP contribution in [-0.2, 0) is 9.53 Å². The molecule has 0 saturated carbocycles. The zero-order chi connectivity index (χ0) is 10.3. The van der Waals surface area contributed by atoms with Crippen molar-refractivity contribution in [3.63, 3.8) is 0 Å². The lowest BCUT2D eigenvalue weighted by Crippen LogP contribution is -2.33. The smallest absolute Gasteiger partial charge is 0.223 e. The Morgan fingerprint density at radius 2 is 2.31 bits per heavy atom. The number of carbonyl (C=O) groups is 1. The molecule has 0 aromatic carbocycles. The molecule has 0 aromatic rings. The van der Waals surface area contributed by atoms with Crippen molar-refractivity contribution in [2.24, 2.45) is 11.7 Å². The van der Waals surface area contributed by atoms with Crippen LogP contribution in [0.2, 0.25) is 0 Å². The molecule has 4 nitrogen and oxygen atoms in total. The maximum Gasteiger partial charge on any atom is 0.223 e. The number of hydrogen-bond donors (Lipinski definition) is 2. The van der Waals surface area contributed by atoms with Gasteiger partial charge in [0.05, 0.1) is 11.6 Å². The SMILES string of the molecule is COCCNC(=O)C(C)CC(N)=S. The monoisotopic (exact) mass is 204 g/mol. The first kappa shape index (κ1) is 12.3. The third-order valence-electron chi connectivity index (χ3n) is 1.56. The van der Waals surface area contributed by atoms with E-state index in [9.17, 15) is 4.79 Å². The van der Waals surface area contributed by atoms with E-state index in [1.54, 1.807) is 14.0 Å². The van der Waals surface area contributed by atoms with Crippen LogP contribution in [0, 0.1) is 5.92 Å². The van der Waals surface area contributed by atoms with Gasteiger partial charge in [0.2, 0.25) is 5.91 Å². The van der Waals surface area contributed by atoms with Gasteiger partial charge in [-0.3, -0.25) is 4.79 Å². The Labute approximate surface area is 83.8 Å². The first-order chi connectivity index (χ1) is 6.07. The number of rotatable bonds is 6. The fourth-order valence-electron chi connectivity index (χ4n) is 0.845. The summed E-state index contributed by atoms with van der Waals surface area (Å²) in [7, 11) is 1.59. The molecule has 0 bridgehead atoms. The molecule has 0 rings (SSSR count). The molecule has 5 heteroatoms. The van der Waals surface area contributed by atoms with E-state index in [4.69, 9.17) is 22.7 Å². The van der Waals surface area contributed by atoms with Crippen molar-refractivity contribution in [1.82, 2.24) is 5.32 Å². The van der Waals surface area contributed by atoms with Crippen molar-refractivity contribution in [3.8, 4) is 0 Å². The highest BCUT2D eigenvalue weighted by molar-refractivity contribution is 7.80. The van der Waals surface area contributed by atoms with Crippen molar-refractivity contribution in [2.75, 3.05) is 20.3 Å². The Bertz CT molecular complexity index is 185. The number of carbonyl (C=O) groups excluding carboxylic acids is 1. The van der Waals surface area contributed by atoms with Gasteiger partial charge in [-0.2, -0.15) is 0 Å². The van der Waals surface area contributed by atoms with E-state index in [1.165, 1.54) is 0 Å². The van der Waals surface area contributed by atoms with E-state index in [1.807, 2.05) is 0 Å². The maximum absolute atomic E-state index is 11.3. The van der Waals surface area contributed by atoms with Gasteiger partial charge >= 0.3 is 0 Å². The first-order valence-electron chi connectivity index (χ1n) is 4.13. The topological polar surface area (TPSA) is 64.3 Å². The molecule has 0 aliphatic heterocycles. The van der Waals surface area contributed by atoms with Gasteiger partial charge in [0, 0.05) is 26.0 Å². The van der Waals surface area contributed by atoms with Crippen molar-refractivity contribution in [2.45, 2.75) is 13.3 Å². The van der Waals surface area contributed by atoms with Crippen LogP contribution in [-0.4, -0.2) is 31.2 Å². The molecule has 0 saturated heterocycles. The van der Waals surface area contributed by atoms with E-state index < -0.39 is 0 Å².